The van der Waals surface area contributed by atoms with Crippen molar-refractivity contribution >= 4 is 5.97 Å². The van der Waals surface area contributed by atoms with Gasteiger partial charge in [-0.25, -0.2) is 4.79 Å². The van der Waals surface area contributed by atoms with E-state index in [9.17, 15) is 9.90 Å². The number of aliphatic carboxylic acids is 1. The van der Waals surface area contributed by atoms with Crippen LogP contribution in [0, 0.1) is 0 Å². The molecule has 8 nitrogen and oxygen atoms in total. The zero-order chi connectivity index (χ0) is 15.3. The van der Waals surface area contributed by atoms with E-state index in [1.807, 2.05) is 0 Å². The maximum Gasteiger partial charge on any atom is 0.328 e. The van der Waals surface area contributed by atoms with Crippen molar-refractivity contribution in [1.82, 2.24) is 5.32 Å². The fourth-order valence-corrected chi connectivity index (χ4v) is 2.04. The maximum atomic E-state index is 11.6. The Labute approximate surface area is 121 Å². The highest BCUT2D eigenvalue weighted by Crippen LogP contribution is 2.35. The van der Waals surface area contributed by atoms with Crippen LogP contribution in [0.15, 0.2) is 23.3 Å². The molecule has 1 aromatic carbocycles. The lowest BCUT2D eigenvalue weighted by atomic mass is 9.91. The number of carboxylic acids is 1. The second-order valence-corrected chi connectivity index (χ2v) is 4.73. The number of hydrogen-bond acceptors (Lipinski definition) is 5. The van der Waals surface area contributed by atoms with Crippen LogP contribution in [0.5, 0.6) is 11.5 Å². The highest BCUT2D eigenvalue weighted by Gasteiger charge is 2.35. The summed E-state index contributed by atoms with van der Waals surface area (Å²) in [5.74, 6) is 0.149. The molecule has 0 radical (unpaired) electrons. The fraction of sp³-hybridized carbons (Fsp3) is 0.462. The topological polar surface area (TPSA) is 117 Å². The summed E-state index contributed by atoms with van der Waals surface area (Å²) in [4.78, 5) is 14.3. The fourth-order valence-electron chi connectivity index (χ4n) is 2.04. The van der Waals surface area contributed by atoms with Crippen LogP contribution in [-0.4, -0.2) is 31.0 Å². The summed E-state index contributed by atoms with van der Waals surface area (Å²) >= 11 is 0. The van der Waals surface area contributed by atoms with E-state index in [0.717, 1.165) is 0 Å². The summed E-state index contributed by atoms with van der Waals surface area (Å²) in [7, 11) is 0. The van der Waals surface area contributed by atoms with Crippen LogP contribution >= 0.6 is 0 Å². The minimum atomic E-state index is -1.25. The van der Waals surface area contributed by atoms with Gasteiger partial charge in [0.25, 0.3) is 0 Å². The lowest BCUT2D eigenvalue weighted by Crippen LogP contribution is -2.47. The third-order valence-corrected chi connectivity index (χ3v) is 3.35. The van der Waals surface area contributed by atoms with Gasteiger partial charge in [0.1, 0.15) is 5.54 Å². The first-order chi connectivity index (χ1) is 10.1. The monoisotopic (exact) mass is 292 g/mol. The highest BCUT2D eigenvalue weighted by molar-refractivity contribution is 5.80. The molecule has 21 heavy (non-hydrogen) atoms. The van der Waals surface area contributed by atoms with Gasteiger partial charge < -0.3 is 14.6 Å². The lowest BCUT2D eigenvalue weighted by molar-refractivity contribution is -0.144. The largest absolute Gasteiger partial charge is 0.480 e. The zero-order valence-electron chi connectivity index (χ0n) is 11.6. The Balaban J connectivity index is 2.13. The molecule has 1 aromatic rings. The van der Waals surface area contributed by atoms with Gasteiger partial charge in [0.15, 0.2) is 11.5 Å². The lowest BCUT2D eigenvalue weighted by Gasteiger charge is -2.27. The van der Waals surface area contributed by atoms with Gasteiger partial charge in [0, 0.05) is 11.5 Å². The maximum absolute atomic E-state index is 11.6. The highest BCUT2D eigenvalue weighted by atomic mass is 16.7. The number of ether oxygens (including phenoxy) is 2. The molecule has 0 saturated heterocycles. The van der Waals surface area contributed by atoms with Gasteiger partial charge in [-0.05, 0) is 43.1 Å². The molecule has 2 N–H and O–H groups in total. The summed E-state index contributed by atoms with van der Waals surface area (Å²) in [5, 5.41) is 15.9. The molecule has 1 atom stereocenters. The molecule has 2 rings (SSSR count). The molecule has 0 amide bonds. The van der Waals surface area contributed by atoms with E-state index in [1.54, 1.807) is 25.1 Å². The average molecular weight is 292 g/mol. The Morgan fingerprint density at radius 2 is 2.29 bits per heavy atom. The molecule has 0 fully saturated rings. The number of carbonyl (C=O) groups is 1. The van der Waals surface area contributed by atoms with E-state index in [-0.39, 0.29) is 6.79 Å². The molecule has 0 aliphatic carbocycles. The normalized spacial score (nSPS) is 15.1. The molecule has 0 spiro atoms. The first kappa shape index (κ1) is 15.0. The predicted molar refractivity (Wildman–Crippen MR) is 74.2 cm³/mol. The molecular weight excluding hydrogens is 276 g/mol. The number of rotatable bonds is 7. The molecule has 1 heterocycles. The number of hydrogen-bond donors (Lipinski definition) is 2. The Bertz CT molecular complexity index is 586. The van der Waals surface area contributed by atoms with E-state index in [4.69, 9.17) is 15.0 Å². The number of fused-ring (bicyclic) bond motifs is 1. The molecule has 1 aliphatic heterocycles. The average Bonchev–Trinajstić information content (AvgIpc) is 2.94. The Morgan fingerprint density at radius 3 is 3.00 bits per heavy atom. The summed E-state index contributed by atoms with van der Waals surface area (Å²) < 4.78 is 10.5. The number of azide groups is 1. The van der Waals surface area contributed by atoms with Crippen molar-refractivity contribution in [3.63, 3.8) is 0 Å². The molecule has 0 aromatic heterocycles. The summed E-state index contributed by atoms with van der Waals surface area (Å²) in [6.07, 6.45) is 0.553. The van der Waals surface area contributed by atoms with E-state index >= 15 is 0 Å². The van der Waals surface area contributed by atoms with Crippen molar-refractivity contribution in [3.8, 4) is 11.5 Å². The molecular formula is C13H16N4O4. The van der Waals surface area contributed by atoms with Gasteiger partial charge in [0.2, 0.25) is 6.79 Å². The van der Waals surface area contributed by atoms with Gasteiger partial charge in [-0.2, -0.15) is 0 Å². The van der Waals surface area contributed by atoms with Crippen molar-refractivity contribution in [2.45, 2.75) is 18.9 Å². The standard InChI is InChI=1S/C13H16N4O4/c1-13(12(18)19,15-5-2-6-16-17-14)9-3-4-10-11(7-9)21-8-20-10/h3-4,7,15H,2,5-6,8H2,1H3,(H,18,19). The minimum Gasteiger partial charge on any atom is -0.480 e. The van der Waals surface area contributed by atoms with Crippen molar-refractivity contribution < 1.29 is 19.4 Å². The Hall–Kier alpha value is -2.44. The van der Waals surface area contributed by atoms with Crippen LogP contribution in [0.3, 0.4) is 0 Å². The molecule has 0 bridgehead atoms. The quantitative estimate of drug-likeness (QED) is 0.345. The van der Waals surface area contributed by atoms with Crippen molar-refractivity contribution in [1.29, 1.82) is 0 Å². The van der Waals surface area contributed by atoms with Gasteiger partial charge >= 0.3 is 5.97 Å². The number of carboxylic acid groups (broad SMARTS) is 1. The molecule has 1 aliphatic rings. The Kier molecular flexibility index (Phi) is 4.52. The van der Waals surface area contributed by atoms with Crippen molar-refractivity contribution in [2.75, 3.05) is 19.9 Å². The minimum absolute atomic E-state index is 0.141. The van der Waals surface area contributed by atoms with Crippen LogP contribution in [0.25, 0.3) is 10.4 Å². The van der Waals surface area contributed by atoms with Gasteiger partial charge in [0.05, 0.1) is 0 Å². The number of nitrogens with one attached hydrogen (secondary N) is 1. The van der Waals surface area contributed by atoms with Gasteiger partial charge in [-0.15, -0.1) is 0 Å². The van der Waals surface area contributed by atoms with E-state index in [0.29, 0.717) is 36.6 Å². The summed E-state index contributed by atoms with van der Waals surface area (Å²) in [6.45, 7) is 2.46. The Morgan fingerprint density at radius 1 is 1.52 bits per heavy atom. The first-order valence-corrected chi connectivity index (χ1v) is 6.47. The van der Waals surface area contributed by atoms with Gasteiger partial charge in [-0.1, -0.05) is 11.2 Å². The van der Waals surface area contributed by atoms with E-state index in [2.05, 4.69) is 15.3 Å². The smallest absolute Gasteiger partial charge is 0.328 e. The molecule has 112 valence electrons. The third-order valence-electron chi connectivity index (χ3n) is 3.35. The van der Waals surface area contributed by atoms with E-state index in [1.165, 1.54) is 0 Å². The van der Waals surface area contributed by atoms with Crippen molar-refractivity contribution in [2.24, 2.45) is 5.11 Å². The first-order valence-electron chi connectivity index (χ1n) is 6.47. The summed E-state index contributed by atoms with van der Waals surface area (Å²) in [5.41, 5.74) is 7.52. The van der Waals surface area contributed by atoms with Gasteiger partial charge in [-0.3, -0.25) is 5.32 Å². The number of benzene rings is 1. The number of nitrogens with zero attached hydrogens (tertiary/aromatic N) is 3. The van der Waals surface area contributed by atoms with Crippen molar-refractivity contribution in [3.05, 3.63) is 34.2 Å². The van der Waals surface area contributed by atoms with Crippen LogP contribution < -0.4 is 14.8 Å². The van der Waals surface area contributed by atoms with Crippen LogP contribution in [0.2, 0.25) is 0 Å². The van der Waals surface area contributed by atoms with E-state index < -0.39 is 11.5 Å². The third kappa shape index (κ3) is 3.18. The molecule has 0 saturated carbocycles. The zero-order valence-corrected chi connectivity index (χ0v) is 11.6. The van der Waals surface area contributed by atoms with Crippen LogP contribution in [-0.2, 0) is 10.3 Å². The second-order valence-electron chi connectivity index (χ2n) is 4.73. The van der Waals surface area contributed by atoms with Crippen LogP contribution in [0.4, 0.5) is 0 Å². The molecule has 8 heteroatoms. The predicted octanol–water partition coefficient (Wildman–Crippen LogP) is 2.01. The summed E-state index contributed by atoms with van der Waals surface area (Å²) in [6, 6.07) is 5.06. The van der Waals surface area contributed by atoms with Crippen LogP contribution in [0.1, 0.15) is 18.9 Å². The second kappa shape index (κ2) is 6.34. The molecule has 1 unspecified atom stereocenters. The SMILES string of the molecule is CC(NCCCN=[N+]=[N-])(C(=O)O)c1ccc2c(c1)OCO2.